The molecule has 3 rings (SSSR count). The van der Waals surface area contributed by atoms with Crippen molar-refractivity contribution in [3.8, 4) is 0 Å². The van der Waals surface area contributed by atoms with E-state index >= 15 is 0 Å². The van der Waals surface area contributed by atoms with Crippen LogP contribution >= 0.6 is 11.3 Å². The molecule has 1 fully saturated rings. The second-order valence-corrected chi connectivity index (χ2v) is 7.58. The van der Waals surface area contributed by atoms with Crippen molar-refractivity contribution in [2.75, 3.05) is 39.4 Å². The van der Waals surface area contributed by atoms with Crippen molar-refractivity contribution in [2.45, 2.75) is 6.92 Å². The fourth-order valence-corrected chi connectivity index (χ4v) is 3.48. The SMILES string of the molecule is Cc1ccc(C(=O)N/C(=C\c2cccs2)C(=O)NCCN2CCOCC2)cc1. The first-order chi connectivity index (χ1) is 13.6. The predicted octanol–water partition coefficient (Wildman–Crippen LogP) is 2.28. The number of thiophene rings is 1. The zero-order valence-electron chi connectivity index (χ0n) is 15.9. The summed E-state index contributed by atoms with van der Waals surface area (Å²) in [5, 5.41) is 7.60. The largest absolute Gasteiger partial charge is 0.379 e. The van der Waals surface area contributed by atoms with E-state index in [1.807, 2.05) is 36.6 Å². The van der Waals surface area contributed by atoms with Crippen molar-refractivity contribution in [2.24, 2.45) is 0 Å². The smallest absolute Gasteiger partial charge is 0.267 e. The predicted molar refractivity (Wildman–Crippen MR) is 111 cm³/mol. The molecule has 28 heavy (non-hydrogen) atoms. The molecule has 1 aromatic carbocycles. The fraction of sp³-hybridized carbons (Fsp3) is 0.333. The second kappa shape index (κ2) is 10.2. The van der Waals surface area contributed by atoms with E-state index in [9.17, 15) is 9.59 Å². The highest BCUT2D eigenvalue weighted by Crippen LogP contribution is 2.13. The lowest BCUT2D eigenvalue weighted by Gasteiger charge is -2.26. The van der Waals surface area contributed by atoms with Crippen LogP contribution in [0.5, 0.6) is 0 Å². The van der Waals surface area contributed by atoms with Gasteiger partial charge in [0.05, 0.1) is 13.2 Å². The van der Waals surface area contributed by atoms with E-state index in [0.717, 1.165) is 43.3 Å². The van der Waals surface area contributed by atoms with Crippen LogP contribution in [0.3, 0.4) is 0 Å². The normalized spacial score (nSPS) is 15.2. The van der Waals surface area contributed by atoms with Gasteiger partial charge in [0.1, 0.15) is 5.70 Å². The van der Waals surface area contributed by atoms with Crippen molar-refractivity contribution in [3.05, 3.63) is 63.5 Å². The van der Waals surface area contributed by atoms with Crippen LogP contribution in [0.4, 0.5) is 0 Å². The summed E-state index contributed by atoms with van der Waals surface area (Å²) in [7, 11) is 0. The summed E-state index contributed by atoms with van der Waals surface area (Å²) >= 11 is 1.51. The van der Waals surface area contributed by atoms with Crippen LogP contribution in [0.1, 0.15) is 20.8 Å². The number of carbonyl (C=O) groups is 2. The second-order valence-electron chi connectivity index (χ2n) is 6.60. The Balaban J connectivity index is 1.63. The van der Waals surface area contributed by atoms with E-state index in [2.05, 4.69) is 15.5 Å². The Morgan fingerprint density at radius 2 is 1.93 bits per heavy atom. The van der Waals surface area contributed by atoms with Crippen LogP contribution in [0.2, 0.25) is 0 Å². The number of benzene rings is 1. The Morgan fingerprint density at radius 3 is 2.61 bits per heavy atom. The lowest BCUT2D eigenvalue weighted by atomic mass is 10.1. The number of hydrogen-bond acceptors (Lipinski definition) is 5. The minimum atomic E-state index is -0.300. The molecule has 0 aliphatic carbocycles. The van der Waals surface area contributed by atoms with Gasteiger partial charge in [0.15, 0.2) is 0 Å². The third-order valence-electron chi connectivity index (χ3n) is 4.45. The quantitative estimate of drug-likeness (QED) is 0.701. The third kappa shape index (κ3) is 6.02. The Kier molecular flexibility index (Phi) is 7.36. The maximum absolute atomic E-state index is 12.7. The van der Waals surface area contributed by atoms with Crippen LogP contribution in [-0.2, 0) is 9.53 Å². The summed E-state index contributed by atoms with van der Waals surface area (Å²) < 4.78 is 5.33. The van der Waals surface area contributed by atoms with Crippen molar-refractivity contribution in [1.82, 2.24) is 15.5 Å². The number of aryl methyl sites for hydroxylation is 1. The molecule has 0 saturated carbocycles. The Morgan fingerprint density at radius 1 is 1.18 bits per heavy atom. The molecule has 2 aromatic rings. The summed E-state index contributed by atoms with van der Waals surface area (Å²) in [5.41, 5.74) is 1.84. The van der Waals surface area contributed by atoms with Gasteiger partial charge in [-0.3, -0.25) is 14.5 Å². The molecule has 0 spiro atoms. The van der Waals surface area contributed by atoms with Crippen molar-refractivity contribution in [1.29, 1.82) is 0 Å². The van der Waals surface area contributed by atoms with E-state index in [1.165, 1.54) is 11.3 Å². The Hall–Kier alpha value is -2.48. The number of amides is 2. The molecule has 7 heteroatoms. The molecule has 148 valence electrons. The number of nitrogens with one attached hydrogen (secondary N) is 2. The molecular formula is C21H25N3O3S. The van der Waals surface area contributed by atoms with Gasteiger partial charge in [-0.1, -0.05) is 23.8 Å². The minimum Gasteiger partial charge on any atom is -0.379 e. The topological polar surface area (TPSA) is 70.7 Å². The molecule has 0 atom stereocenters. The van der Waals surface area contributed by atoms with Gasteiger partial charge < -0.3 is 15.4 Å². The lowest BCUT2D eigenvalue weighted by molar-refractivity contribution is -0.117. The van der Waals surface area contributed by atoms with Gasteiger partial charge in [-0.2, -0.15) is 0 Å². The number of ether oxygens (including phenoxy) is 1. The summed E-state index contributed by atoms with van der Waals surface area (Å²) in [4.78, 5) is 28.4. The van der Waals surface area contributed by atoms with E-state index in [1.54, 1.807) is 18.2 Å². The third-order valence-corrected chi connectivity index (χ3v) is 5.27. The van der Waals surface area contributed by atoms with Gasteiger partial charge in [-0.05, 0) is 36.6 Å². The number of hydrogen-bond donors (Lipinski definition) is 2. The molecule has 1 aromatic heterocycles. The number of nitrogens with zero attached hydrogens (tertiary/aromatic N) is 1. The number of rotatable bonds is 7. The van der Waals surface area contributed by atoms with Crippen LogP contribution in [0.15, 0.2) is 47.5 Å². The van der Waals surface area contributed by atoms with Crippen LogP contribution in [-0.4, -0.2) is 56.1 Å². The first kappa shape index (κ1) is 20.3. The molecule has 0 radical (unpaired) electrons. The van der Waals surface area contributed by atoms with E-state index < -0.39 is 0 Å². The van der Waals surface area contributed by atoms with Crippen LogP contribution in [0.25, 0.3) is 6.08 Å². The molecule has 2 heterocycles. The molecule has 0 bridgehead atoms. The van der Waals surface area contributed by atoms with E-state index in [0.29, 0.717) is 12.1 Å². The van der Waals surface area contributed by atoms with Gasteiger partial charge in [0, 0.05) is 36.6 Å². The van der Waals surface area contributed by atoms with Crippen molar-refractivity contribution >= 4 is 29.2 Å². The average Bonchev–Trinajstić information content (AvgIpc) is 3.22. The number of morpholine rings is 1. The zero-order valence-corrected chi connectivity index (χ0v) is 16.8. The molecule has 2 N–H and O–H groups in total. The van der Waals surface area contributed by atoms with Gasteiger partial charge in [-0.25, -0.2) is 0 Å². The van der Waals surface area contributed by atoms with Gasteiger partial charge in [-0.15, -0.1) is 11.3 Å². The standard InChI is InChI=1S/C21H25N3O3S/c1-16-4-6-17(7-5-16)20(25)23-19(15-18-3-2-14-28-18)21(26)22-8-9-24-10-12-27-13-11-24/h2-7,14-15H,8-13H2,1H3,(H,22,26)(H,23,25)/b19-15-. The monoisotopic (exact) mass is 399 g/mol. The molecule has 1 aliphatic rings. The molecule has 6 nitrogen and oxygen atoms in total. The van der Waals surface area contributed by atoms with Gasteiger partial charge in [0.25, 0.3) is 11.8 Å². The Bertz CT molecular complexity index is 810. The molecule has 2 amide bonds. The maximum Gasteiger partial charge on any atom is 0.267 e. The first-order valence-corrected chi connectivity index (χ1v) is 10.2. The molecular weight excluding hydrogens is 374 g/mol. The van der Waals surface area contributed by atoms with Crippen molar-refractivity contribution in [3.63, 3.8) is 0 Å². The molecule has 1 aliphatic heterocycles. The highest BCUT2D eigenvalue weighted by Gasteiger charge is 2.16. The molecule has 1 saturated heterocycles. The zero-order chi connectivity index (χ0) is 19.8. The highest BCUT2D eigenvalue weighted by atomic mass is 32.1. The number of carbonyl (C=O) groups excluding carboxylic acids is 2. The highest BCUT2D eigenvalue weighted by molar-refractivity contribution is 7.10. The Labute approximate surface area is 169 Å². The van der Waals surface area contributed by atoms with E-state index in [-0.39, 0.29) is 17.5 Å². The average molecular weight is 400 g/mol. The molecule has 0 unspecified atom stereocenters. The van der Waals surface area contributed by atoms with Crippen molar-refractivity contribution < 1.29 is 14.3 Å². The minimum absolute atomic E-state index is 0.245. The lowest BCUT2D eigenvalue weighted by Crippen LogP contribution is -2.42. The fourth-order valence-electron chi connectivity index (χ4n) is 2.82. The summed E-state index contributed by atoms with van der Waals surface area (Å²) in [5.74, 6) is -0.590. The summed E-state index contributed by atoms with van der Waals surface area (Å²) in [6, 6.07) is 11.1. The van der Waals surface area contributed by atoms with Crippen LogP contribution in [0, 0.1) is 6.92 Å². The summed E-state index contributed by atoms with van der Waals surface area (Å²) in [6.45, 7) is 6.43. The van der Waals surface area contributed by atoms with E-state index in [4.69, 9.17) is 4.74 Å². The first-order valence-electron chi connectivity index (χ1n) is 9.33. The van der Waals surface area contributed by atoms with Gasteiger partial charge >= 0.3 is 0 Å². The van der Waals surface area contributed by atoms with Gasteiger partial charge in [0.2, 0.25) is 0 Å². The summed E-state index contributed by atoms with van der Waals surface area (Å²) in [6.07, 6.45) is 1.71. The maximum atomic E-state index is 12.7. The van der Waals surface area contributed by atoms with Crippen LogP contribution < -0.4 is 10.6 Å².